The second-order valence-electron chi connectivity index (χ2n) is 2.66. The molecule has 1 N–H and O–H groups in total. The summed E-state index contributed by atoms with van der Waals surface area (Å²) in [5.41, 5.74) is 3.76. The first-order chi connectivity index (χ1) is 5.88. The van der Waals surface area contributed by atoms with Gasteiger partial charge in [-0.3, -0.25) is 0 Å². The number of aryl methyl sites for hydroxylation is 1. The Morgan fingerprint density at radius 1 is 1.42 bits per heavy atom. The molecule has 0 unspecified atom stereocenters. The summed E-state index contributed by atoms with van der Waals surface area (Å²) in [6, 6.07) is 0. The molecule has 0 atom stereocenters. The summed E-state index contributed by atoms with van der Waals surface area (Å²) in [5.74, 6) is 0. The molecule has 0 radical (unpaired) electrons. The number of H-pyrrole nitrogens is 1. The lowest BCUT2D eigenvalue weighted by Gasteiger charge is -2.06. The molecule has 0 aliphatic heterocycles. The maximum atomic E-state index is 4.21. The van der Waals surface area contributed by atoms with Gasteiger partial charge in [0.2, 0.25) is 0 Å². The van der Waals surface area contributed by atoms with Crippen molar-refractivity contribution in [2.45, 2.75) is 33.6 Å². The maximum absolute atomic E-state index is 4.21. The van der Waals surface area contributed by atoms with Crippen LogP contribution in [0.1, 0.15) is 38.6 Å². The van der Waals surface area contributed by atoms with E-state index in [1.165, 1.54) is 11.3 Å². The first-order valence-electron chi connectivity index (χ1n) is 4.57. The van der Waals surface area contributed by atoms with Gasteiger partial charge >= 0.3 is 0 Å². The van der Waals surface area contributed by atoms with Gasteiger partial charge < -0.3 is 4.98 Å². The van der Waals surface area contributed by atoms with E-state index in [1.54, 1.807) is 6.33 Å². The van der Waals surface area contributed by atoms with Crippen LogP contribution in [-0.2, 0) is 6.42 Å². The minimum Gasteiger partial charge on any atom is -0.348 e. The maximum Gasteiger partial charge on any atom is 0.0929 e. The molecule has 66 valence electrons. The van der Waals surface area contributed by atoms with Crippen molar-refractivity contribution in [3.8, 4) is 0 Å². The third-order valence-electron chi connectivity index (χ3n) is 1.94. The van der Waals surface area contributed by atoms with Gasteiger partial charge in [-0.25, -0.2) is 4.98 Å². The minimum absolute atomic E-state index is 1.12. The predicted molar refractivity (Wildman–Crippen MR) is 51.9 cm³/mol. The number of allylic oxidation sites excluding steroid dienone is 2. The number of hydrogen-bond donors (Lipinski definition) is 1. The number of nitrogens with one attached hydrogen (secondary N) is 1. The number of hydrogen-bond acceptors (Lipinski definition) is 1. The lowest BCUT2D eigenvalue weighted by atomic mass is 10.0. The second-order valence-corrected chi connectivity index (χ2v) is 2.66. The lowest BCUT2D eigenvalue weighted by Crippen LogP contribution is -1.95. The molecule has 1 aliphatic carbocycles. The monoisotopic (exact) mass is 164 g/mol. The Balaban J connectivity index is 0.000000336. The second kappa shape index (κ2) is 4.10. The molecular formula is C10H16N2. The van der Waals surface area contributed by atoms with Crippen molar-refractivity contribution in [3.05, 3.63) is 23.8 Å². The van der Waals surface area contributed by atoms with Gasteiger partial charge in [-0.15, -0.1) is 0 Å². The summed E-state index contributed by atoms with van der Waals surface area (Å²) in [5, 5.41) is 0. The van der Waals surface area contributed by atoms with Gasteiger partial charge in [0.1, 0.15) is 0 Å². The average Bonchev–Trinajstić information content (AvgIpc) is 2.57. The summed E-state index contributed by atoms with van der Waals surface area (Å²) in [4.78, 5) is 7.35. The molecule has 0 saturated carbocycles. The standard InChI is InChI=1S/C8H10N2.C2H6/c1-6-3-2-4-7-8(6)10-5-9-7;1-2/h3,5H,2,4H2,1H3,(H,9,10);1-2H3. The highest BCUT2D eigenvalue weighted by Crippen LogP contribution is 2.21. The number of rotatable bonds is 0. The van der Waals surface area contributed by atoms with Crippen LogP contribution in [-0.4, -0.2) is 9.97 Å². The van der Waals surface area contributed by atoms with Gasteiger partial charge in [0.05, 0.1) is 12.0 Å². The van der Waals surface area contributed by atoms with Gasteiger partial charge in [0.15, 0.2) is 0 Å². The van der Waals surface area contributed by atoms with Crippen LogP contribution in [0.15, 0.2) is 12.4 Å². The Morgan fingerprint density at radius 3 is 2.83 bits per heavy atom. The van der Waals surface area contributed by atoms with E-state index in [4.69, 9.17) is 0 Å². The number of aromatic nitrogens is 2. The molecule has 0 saturated heterocycles. The van der Waals surface area contributed by atoms with Crippen LogP contribution >= 0.6 is 0 Å². The summed E-state index contributed by atoms with van der Waals surface area (Å²) in [7, 11) is 0. The van der Waals surface area contributed by atoms with Crippen molar-refractivity contribution in [3.63, 3.8) is 0 Å². The number of aromatic amines is 1. The quantitative estimate of drug-likeness (QED) is 0.627. The molecule has 2 rings (SSSR count). The van der Waals surface area contributed by atoms with Crippen LogP contribution in [0, 0.1) is 0 Å². The van der Waals surface area contributed by atoms with Crippen LogP contribution < -0.4 is 0 Å². The van der Waals surface area contributed by atoms with E-state index in [0.717, 1.165) is 18.5 Å². The fourth-order valence-corrected chi connectivity index (χ4v) is 1.38. The van der Waals surface area contributed by atoms with Crippen molar-refractivity contribution in [1.82, 2.24) is 9.97 Å². The van der Waals surface area contributed by atoms with Gasteiger partial charge in [-0.05, 0) is 25.3 Å². The first kappa shape index (κ1) is 9.04. The van der Waals surface area contributed by atoms with Crippen LogP contribution in [0.3, 0.4) is 0 Å². The van der Waals surface area contributed by atoms with Crippen molar-refractivity contribution in [2.24, 2.45) is 0 Å². The van der Waals surface area contributed by atoms with Gasteiger partial charge in [0.25, 0.3) is 0 Å². The zero-order valence-corrected chi connectivity index (χ0v) is 8.02. The van der Waals surface area contributed by atoms with E-state index in [1.807, 2.05) is 13.8 Å². The summed E-state index contributed by atoms with van der Waals surface area (Å²) in [6.45, 7) is 6.11. The van der Waals surface area contributed by atoms with Crippen LogP contribution in [0.4, 0.5) is 0 Å². The largest absolute Gasteiger partial charge is 0.348 e. The normalized spacial score (nSPS) is 14.1. The van der Waals surface area contributed by atoms with Gasteiger partial charge in [-0.1, -0.05) is 19.9 Å². The molecule has 12 heavy (non-hydrogen) atoms. The first-order valence-corrected chi connectivity index (χ1v) is 4.57. The number of nitrogens with zero attached hydrogens (tertiary/aromatic N) is 1. The molecule has 1 aromatic rings. The molecule has 1 heterocycles. The predicted octanol–water partition coefficient (Wildman–Crippen LogP) is 2.79. The summed E-state index contributed by atoms with van der Waals surface area (Å²) < 4.78 is 0. The lowest BCUT2D eigenvalue weighted by molar-refractivity contribution is 0.934. The van der Waals surface area contributed by atoms with Crippen LogP contribution in [0.2, 0.25) is 0 Å². The Hall–Kier alpha value is -1.05. The molecule has 0 spiro atoms. The van der Waals surface area contributed by atoms with E-state index in [2.05, 4.69) is 23.0 Å². The molecule has 0 amide bonds. The third-order valence-corrected chi connectivity index (χ3v) is 1.94. The van der Waals surface area contributed by atoms with Crippen molar-refractivity contribution < 1.29 is 0 Å². The molecular weight excluding hydrogens is 148 g/mol. The van der Waals surface area contributed by atoms with Crippen LogP contribution in [0.25, 0.3) is 5.57 Å². The van der Waals surface area contributed by atoms with Crippen LogP contribution in [0.5, 0.6) is 0 Å². The molecule has 2 nitrogen and oxygen atoms in total. The van der Waals surface area contributed by atoms with Crippen molar-refractivity contribution in [2.75, 3.05) is 0 Å². The number of imidazole rings is 1. The Kier molecular flexibility index (Phi) is 3.09. The molecule has 1 aromatic heterocycles. The molecule has 0 aromatic carbocycles. The molecule has 2 heteroatoms. The van der Waals surface area contributed by atoms with E-state index < -0.39 is 0 Å². The third kappa shape index (κ3) is 1.58. The van der Waals surface area contributed by atoms with Gasteiger partial charge in [0, 0.05) is 5.69 Å². The zero-order chi connectivity index (χ0) is 8.97. The zero-order valence-electron chi connectivity index (χ0n) is 8.02. The topological polar surface area (TPSA) is 28.7 Å². The Bertz CT molecular complexity index is 271. The van der Waals surface area contributed by atoms with Crippen molar-refractivity contribution in [1.29, 1.82) is 0 Å². The molecule has 0 fully saturated rings. The highest BCUT2D eigenvalue weighted by atomic mass is 14.9. The van der Waals surface area contributed by atoms with E-state index in [0.29, 0.717) is 0 Å². The SMILES string of the molecule is CC.CC1=CCCc2[nH]cnc21. The fraction of sp³-hybridized carbons (Fsp3) is 0.500. The Labute approximate surface area is 73.7 Å². The average molecular weight is 164 g/mol. The smallest absolute Gasteiger partial charge is 0.0929 e. The summed E-state index contributed by atoms with van der Waals surface area (Å²) in [6.07, 6.45) is 6.28. The molecule has 0 bridgehead atoms. The molecule has 1 aliphatic rings. The van der Waals surface area contributed by atoms with E-state index in [-0.39, 0.29) is 0 Å². The fourth-order valence-electron chi connectivity index (χ4n) is 1.38. The summed E-state index contributed by atoms with van der Waals surface area (Å²) >= 11 is 0. The highest BCUT2D eigenvalue weighted by molar-refractivity contribution is 5.63. The number of fused-ring (bicyclic) bond motifs is 1. The van der Waals surface area contributed by atoms with Gasteiger partial charge in [-0.2, -0.15) is 0 Å². The Morgan fingerprint density at radius 2 is 2.17 bits per heavy atom. The highest BCUT2D eigenvalue weighted by Gasteiger charge is 2.10. The van der Waals surface area contributed by atoms with E-state index >= 15 is 0 Å². The van der Waals surface area contributed by atoms with E-state index in [9.17, 15) is 0 Å². The van der Waals surface area contributed by atoms with Crippen molar-refractivity contribution >= 4 is 5.57 Å². The minimum atomic E-state index is 1.12.